The molecule has 2 aromatic heterocycles. The van der Waals surface area contributed by atoms with Gasteiger partial charge in [0.15, 0.2) is 17.0 Å². The molecule has 0 amide bonds. The molecule has 2 aromatic rings. The molecule has 0 fully saturated rings. The first kappa shape index (κ1) is 8.30. The quantitative estimate of drug-likeness (QED) is 0.366. The lowest BCUT2D eigenvalue weighted by Crippen LogP contribution is -1.99. The Balaban J connectivity index is 2.69. The van der Waals surface area contributed by atoms with Crippen LogP contribution in [0.25, 0.3) is 11.2 Å². The van der Waals surface area contributed by atoms with E-state index >= 15 is 0 Å². The highest BCUT2D eigenvalue weighted by molar-refractivity contribution is 5.84. The standard InChI is InChI=1S/C7H6N6O/c8-6-5-7(11-3-10-6)9-1-4(13-5)2-12-14/h1-3,14H,(H2,8,9,10,11)/b12-2+. The Morgan fingerprint density at radius 3 is 3.00 bits per heavy atom. The van der Waals surface area contributed by atoms with Crippen LogP contribution in [0.2, 0.25) is 0 Å². The van der Waals surface area contributed by atoms with Gasteiger partial charge in [-0.05, 0) is 0 Å². The zero-order chi connectivity index (χ0) is 9.97. The minimum absolute atomic E-state index is 0.246. The van der Waals surface area contributed by atoms with Crippen LogP contribution in [0.5, 0.6) is 0 Å². The van der Waals surface area contributed by atoms with Crippen LogP contribution in [-0.4, -0.2) is 31.4 Å². The third-order valence-electron chi connectivity index (χ3n) is 1.58. The molecule has 0 unspecified atom stereocenters. The van der Waals surface area contributed by atoms with E-state index in [0.29, 0.717) is 16.9 Å². The second-order valence-electron chi connectivity index (χ2n) is 2.47. The largest absolute Gasteiger partial charge is 0.411 e. The first-order valence-corrected chi connectivity index (χ1v) is 3.72. The maximum absolute atomic E-state index is 8.30. The summed E-state index contributed by atoms with van der Waals surface area (Å²) in [4.78, 5) is 15.6. The van der Waals surface area contributed by atoms with Crippen molar-refractivity contribution in [3.8, 4) is 0 Å². The smallest absolute Gasteiger partial charge is 0.183 e. The zero-order valence-corrected chi connectivity index (χ0v) is 6.99. The number of anilines is 1. The second-order valence-corrected chi connectivity index (χ2v) is 2.47. The van der Waals surface area contributed by atoms with Crippen molar-refractivity contribution in [3.05, 3.63) is 18.2 Å². The van der Waals surface area contributed by atoms with Crippen LogP contribution in [0.15, 0.2) is 17.7 Å². The summed E-state index contributed by atoms with van der Waals surface area (Å²) < 4.78 is 0. The summed E-state index contributed by atoms with van der Waals surface area (Å²) in [7, 11) is 0. The van der Waals surface area contributed by atoms with Gasteiger partial charge in [0.05, 0.1) is 12.4 Å². The molecule has 3 N–H and O–H groups in total. The highest BCUT2D eigenvalue weighted by Crippen LogP contribution is 2.10. The Kier molecular flexibility index (Phi) is 1.90. The average Bonchev–Trinajstić information content (AvgIpc) is 2.20. The van der Waals surface area contributed by atoms with Gasteiger partial charge in [0, 0.05) is 0 Å². The summed E-state index contributed by atoms with van der Waals surface area (Å²) in [6.07, 6.45) is 3.89. The van der Waals surface area contributed by atoms with Crippen molar-refractivity contribution >= 4 is 23.2 Å². The fourth-order valence-corrected chi connectivity index (χ4v) is 0.991. The highest BCUT2D eigenvalue weighted by atomic mass is 16.4. The summed E-state index contributed by atoms with van der Waals surface area (Å²) in [5.74, 6) is 0.246. The normalized spacial score (nSPS) is 11.1. The van der Waals surface area contributed by atoms with E-state index in [-0.39, 0.29) is 5.82 Å². The van der Waals surface area contributed by atoms with Crippen molar-refractivity contribution < 1.29 is 5.21 Å². The summed E-state index contributed by atoms with van der Waals surface area (Å²) in [6.45, 7) is 0. The number of aromatic nitrogens is 4. The third-order valence-corrected chi connectivity index (χ3v) is 1.58. The fourth-order valence-electron chi connectivity index (χ4n) is 0.991. The number of hydrogen-bond acceptors (Lipinski definition) is 7. The summed E-state index contributed by atoms with van der Waals surface area (Å²) in [5, 5.41) is 11.1. The van der Waals surface area contributed by atoms with Crippen LogP contribution in [0.4, 0.5) is 5.82 Å². The number of hydrogen-bond donors (Lipinski definition) is 2. The Bertz CT molecular complexity index is 497. The molecule has 14 heavy (non-hydrogen) atoms. The van der Waals surface area contributed by atoms with E-state index < -0.39 is 0 Å². The molecule has 0 aliphatic carbocycles. The SMILES string of the molecule is Nc1ncnc2ncc(/C=N/O)nc12. The predicted octanol–water partition coefficient (Wildman–Crippen LogP) is -0.190. The third kappa shape index (κ3) is 1.30. The molecule has 70 valence electrons. The van der Waals surface area contributed by atoms with Crippen molar-refractivity contribution in [2.75, 3.05) is 5.73 Å². The molecule has 7 nitrogen and oxygen atoms in total. The lowest BCUT2D eigenvalue weighted by Gasteiger charge is -1.98. The van der Waals surface area contributed by atoms with Gasteiger partial charge in [-0.1, -0.05) is 5.16 Å². The van der Waals surface area contributed by atoms with Crippen molar-refractivity contribution in [1.29, 1.82) is 0 Å². The van der Waals surface area contributed by atoms with Crippen LogP contribution in [0.1, 0.15) is 5.69 Å². The van der Waals surface area contributed by atoms with E-state index in [4.69, 9.17) is 10.9 Å². The lowest BCUT2D eigenvalue weighted by atomic mass is 10.4. The lowest BCUT2D eigenvalue weighted by molar-refractivity contribution is 0.321. The molecule has 0 saturated carbocycles. The molecule has 0 aliphatic heterocycles. The molecule has 0 radical (unpaired) electrons. The van der Waals surface area contributed by atoms with E-state index in [9.17, 15) is 0 Å². The topological polar surface area (TPSA) is 110 Å². The minimum atomic E-state index is 0.246. The van der Waals surface area contributed by atoms with Crippen LogP contribution < -0.4 is 5.73 Å². The van der Waals surface area contributed by atoms with Gasteiger partial charge in [-0.3, -0.25) is 0 Å². The second kappa shape index (κ2) is 3.21. The average molecular weight is 190 g/mol. The maximum atomic E-state index is 8.30. The number of oxime groups is 1. The molecule has 0 bridgehead atoms. The molecule has 0 saturated heterocycles. The Hall–Kier alpha value is -2.31. The van der Waals surface area contributed by atoms with Crippen LogP contribution >= 0.6 is 0 Å². The maximum Gasteiger partial charge on any atom is 0.183 e. The number of nitrogens with two attached hydrogens (primary N) is 1. The van der Waals surface area contributed by atoms with E-state index in [0.717, 1.165) is 6.21 Å². The van der Waals surface area contributed by atoms with Gasteiger partial charge in [-0.2, -0.15) is 0 Å². The van der Waals surface area contributed by atoms with Crippen LogP contribution in [-0.2, 0) is 0 Å². The first-order chi connectivity index (χ1) is 6.81. The van der Waals surface area contributed by atoms with Crippen LogP contribution in [0, 0.1) is 0 Å². The Morgan fingerprint density at radius 1 is 1.36 bits per heavy atom. The van der Waals surface area contributed by atoms with Crippen molar-refractivity contribution in [2.45, 2.75) is 0 Å². The molecular weight excluding hydrogens is 184 g/mol. The molecule has 0 aliphatic rings. The molecular formula is C7H6N6O. The summed E-state index contributed by atoms with van der Waals surface area (Å²) in [5.41, 5.74) is 6.75. The first-order valence-electron chi connectivity index (χ1n) is 3.72. The molecule has 2 rings (SSSR count). The van der Waals surface area contributed by atoms with Crippen molar-refractivity contribution in [3.63, 3.8) is 0 Å². The van der Waals surface area contributed by atoms with Gasteiger partial charge in [-0.15, -0.1) is 0 Å². The van der Waals surface area contributed by atoms with Gasteiger partial charge in [0.25, 0.3) is 0 Å². The fraction of sp³-hybridized carbons (Fsp3) is 0. The van der Waals surface area contributed by atoms with Gasteiger partial charge in [0.1, 0.15) is 12.0 Å². The van der Waals surface area contributed by atoms with Crippen LogP contribution in [0.3, 0.4) is 0 Å². The molecule has 0 spiro atoms. The van der Waals surface area contributed by atoms with Gasteiger partial charge >= 0.3 is 0 Å². The number of fused-ring (bicyclic) bond motifs is 1. The van der Waals surface area contributed by atoms with E-state index in [2.05, 4.69) is 25.1 Å². The van der Waals surface area contributed by atoms with Gasteiger partial charge < -0.3 is 10.9 Å². The predicted molar refractivity (Wildman–Crippen MR) is 48.9 cm³/mol. The molecule has 2 heterocycles. The minimum Gasteiger partial charge on any atom is -0.411 e. The molecule has 0 aromatic carbocycles. The Morgan fingerprint density at radius 2 is 2.21 bits per heavy atom. The number of nitrogen functional groups attached to an aromatic ring is 1. The van der Waals surface area contributed by atoms with Crippen molar-refractivity contribution in [1.82, 2.24) is 19.9 Å². The van der Waals surface area contributed by atoms with Crippen molar-refractivity contribution in [2.24, 2.45) is 5.16 Å². The molecule has 7 heteroatoms. The summed E-state index contributed by atoms with van der Waals surface area (Å²) in [6, 6.07) is 0. The highest BCUT2D eigenvalue weighted by Gasteiger charge is 2.03. The Labute approximate surface area is 78.3 Å². The van der Waals surface area contributed by atoms with Gasteiger partial charge in [-0.25, -0.2) is 19.9 Å². The van der Waals surface area contributed by atoms with E-state index in [1.807, 2.05) is 0 Å². The molecule has 0 atom stereocenters. The van der Waals surface area contributed by atoms with E-state index in [1.54, 1.807) is 0 Å². The monoisotopic (exact) mass is 190 g/mol. The number of rotatable bonds is 1. The number of nitrogens with zero attached hydrogens (tertiary/aromatic N) is 5. The van der Waals surface area contributed by atoms with E-state index in [1.165, 1.54) is 12.5 Å². The zero-order valence-electron chi connectivity index (χ0n) is 6.99. The summed E-state index contributed by atoms with van der Waals surface area (Å²) >= 11 is 0. The van der Waals surface area contributed by atoms with Gasteiger partial charge in [0.2, 0.25) is 0 Å².